The molecule has 6 nitrogen and oxygen atoms in total. The predicted molar refractivity (Wildman–Crippen MR) is 134 cm³/mol. The van der Waals surface area contributed by atoms with Crippen molar-refractivity contribution in [1.29, 1.82) is 0 Å². The first-order chi connectivity index (χ1) is 16.7. The molecule has 0 aliphatic heterocycles. The molecular formula is C26H34O6Se2. The predicted octanol–water partition coefficient (Wildman–Crippen LogP) is 2.97. The summed E-state index contributed by atoms with van der Waals surface area (Å²) in [5, 5.41) is 0. The van der Waals surface area contributed by atoms with Crippen molar-refractivity contribution >= 4 is 35.2 Å². The summed E-state index contributed by atoms with van der Waals surface area (Å²) in [7, 11) is 6.88. The number of benzene rings is 2. The van der Waals surface area contributed by atoms with Crippen LogP contribution < -0.4 is 18.4 Å². The van der Waals surface area contributed by atoms with Crippen molar-refractivity contribution < 1.29 is 28.4 Å². The van der Waals surface area contributed by atoms with E-state index in [0.29, 0.717) is 13.6 Å². The van der Waals surface area contributed by atoms with Crippen LogP contribution in [-0.4, -0.2) is 68.3 Å². The van der Waals surface area contributed by atoms with Crippen LogP contribution in [0.1, 0.15) is 60.1 Å². The summed E-state index contributed by atoms with van der Waals surface area (Å²) in [6.07, 6.45) is 6.55. The molecule has 2 aromatic carbocycles. The van der Waals surface area contributed by atoms with Crippen LogP contribution in [0.3, 0.4) is 0 Å². The van der Waals surface area contributed by atoms with E-state index in [4.69, 9.17) is 28.4 Å². The van der Waals surface area contributed by atoms with E-state index in [1.54, 1.807) is 28.4 Å². The molecule has 0 N–H and O–H groups in total. The van der Waals surface area contributed by atoms with Crippen molar-refractivity contribution in [3.05, 3.63) is 46.5 Å². The molecule has 8 heteroatoms. The molecule has 0 aromatic heterocycles. The molecule has 0 saturated heterocycles. The van der Waals surface area contributed by atoms with Crippen molar-refractivity contribution in [3.8, 4) is 11.5 Å². The average molecular weight is 600 g/mol. The fourth-order valence-electron chi connectivity index (χ4n) is 4.84. The first-order valence-corrected chi connectivity index (χ1v) is 17.7. The molecule has 0 bridgehead atoms. The van der Waals surface area contributed by atoms with Gasteiger partial charge in [0.1, 0.15) is 0 Å². The van der Waals surface area contributed by atoms with Crippen molar-refractivity contribution in [2.75, 3.05) is 42.0 Å². The van der Waals surface area contributed by atoms with Gasteiger partial charge in [0.2, 0.25) is 0 Å². The Kier molecular flexibility index (Phi) is 9.75. The Labute approximate surface area is 213 Å². The summed E-state index contributed by atoms with van der Waals surface area (Å²) in [5.74, 6) is 1.92. The van der Waals surface area contributed by atoms with E-state index in [-0.39, 0.29) is 38.5 Å². The Hall–Kier alpha value is -1.08. The number of hydrogen-bond acceptors (Lipinski definition) is 6. The van der Waals surface area contributed by atoms with Crippen molar-refractivity contribution in [3.63, 3.8) is 0 Å². The fourth-order valence-corrected chi connectivity index (χ4v) is 13.2. The Bertz CT molecular complexity index is 889. The molecular weight excluding hydrogens is 566 g/mol. The number of aryl methyl sites for hydroxylation is 2. The topological polar surface area (TPSA) is 55.4 Å². The van der Waals surface area contributed by atoms with Crippen molar-refractivity contribution in [2.24, 2.45) is 0 Å². The maximum atomic E-state index is 6.13. The molecule has 34 heavy (non-hydrogen) atoms. The Balaban J connectivity index is 1.70. The molecule has 0 heterocycles. The Morgan fingerprint density at radius 3 is 1.50 bits per heavy atom. The van der Waals surface area contributed by atoms with E-state index in [0.717, 1.165) is 50.0 Å². The first-order valence-electron chi connectivity index (χ1n) is 11.7. The maximum absolute atomic E-state index is 6.13. The third-order valence-electron chi connectivity index (χ3n) is 6.39. The van der Waals surface area contributed by atoms with Crippen LogP contribution in [0.4, 0.5) is 0 Å². The number of methoxy groups -OCH3 is 4. The van der Waals surface area contributed by atoms with Gasteiger partial charge in [0.25, 0.3) is 0 Å². The van der Waals surface area contributed by atoms with Gasteiger partial charge in [0.15, 0.2) is 0 Å². The van der Waals surface area contributed by atoms with Gasteiger partial charge in [-0.25, -0.2) is 0 Å². The SMILES string of the molecule is COCO[C@H]1CCCc2ccc(OC)c([Se][Se]c3c(OC)ccc4c3[C@@H](OCOC)CCC4)c21. The summed E-state index contributed by atoms with van der Waals surface area (Å²) in [6, 6.07) is 8.69. The Morgan fingerprint density at radius 1 is 0.676 bits per heavy atom. The standard InChI is InChI=1S/C26H34O6Se2/c1-27-15-31-19-9-5-7-17-11-13-21(29-3)25(23(17)19)33-34-26-22(30-4)14-12-18-8-6-10-20(24(18)26)32-16-28-2/h11-14,19-20H,5-10,15-16H2,1-4H3/t19-,20-/m0/s1. The van der Waals surface area contributed by atoms with Crippen LogP contribution in [-0.2, 0) is 31.8 Å². The van der Waals surface area contributed by atoms with Gasteiger partial charge in [-0.3, -0.25) is 0 Å². The summed E-state index contributed by atoms with van der Waals surface area (Å²) < 4.78 is 37.1. The van der Waals surface area contributed by atoms with Crippen molar-refractivity contribution in [1.82, 2.24) is 0 Å². The zero-order valence-corrected chi connectivity index (χ0v) is 23.8. The molecule has 0 amide bonds. The van der Waals surface area contributed by atoms with Gasteiger partial charge in [-0.05, 0) is 0 Å². The van der Waals surface area contributed by atoms with Crippen molar-refractivity contribution in [2.45, 2.75) is 50.7 Å². The van der Waals surface area contributed by atoms with Crippen LogP contribution >= 0.6 is 0 Å². The molecule has 0 spiro atoms. The number of fused-ring (bicyclic) bond motifs is 2. The fraction of sp³-hybridized carbons (Fsp3) is 0.538. The van der Waals surface area contributed by atoms with Gasteiger partial charge < -0.3 is 0 Å². The molecule has 2 atom stereocenters. The van der Waals surface area contributed by atoms with E-state index in [1.807, 2.05) is 0 Å². The van der Waals surface area contributed by atoms with Gasteiger partial charge in [0, 0.05) is 0 Å². The van der Waals surface area contributed by atoms with E-state index in [1.165, 1.54) is 31.2 Å². The molecule has 2 aliphatic carbocycles. The van der Waals surface area contributed by atoms with E-state index < -0.39 is 0 Å². The van der Waals surface area contributed by atoms with Gasteiger partial charge in [-0.2, -0.15) is 0 Å². The van der Waals surface area contributed by atoms with Crippen LogP contribution in [0.2, 0.25) is 0 Å². The quantitative estimate of drug-likeness (QED) is 0.292. The van der Waals surface area contributed by atoms with Gasteiger partial charge in [-0.1, -0.05) is 0 Å². The number of ether oxygens (including phenoxy) is 6. The Morgan fingerprint density at radius 2 is 1.12 bits per heavy atom. The molecule has 186 valence electrons. The monoisotopic (exact) mass is 602 g/mol. The van der Waals surface area contributed by atoms with Crippen LogP contribution in [0.5, 0.6) is 11.5 Å². The number of hydrogen-bond donors (Lipinski definition) is 0. The average Bonchev–Trinajstić information content (AvgIpc) is 2.88. The van der Waals surface area contributed by atoms with Crippen LogP contribution in [0.25, 0.3) is 0 Å². The second-order valence-electron chi connectivity index (χ2n) is 8.41. The van der Waals surface area contributed by atoms with E-state index >= 15 is 0 Å². The molecule has 2 aromatic rings. The summed E-state index contributed by atoms with van der Waals surface area (Å²) >= 11 is 0.364. The van der Waals surface area contributed by atoms with Gasteiger partial charge >= 0.3 is 214 Å². The normalized spacial score (nSPS) is 19.4. The summed E-state index contributed by atoms with van der Waals surface area (Å²) in [6.45, 7) is 0.606. The second kappa shape index (κ2) is 12.8. The zero-order valence-electron chi connectivity index (χ0n) is 20.4. The zero-order chi connectivity index (χ0) is 23.9. The van der Waals surface area contributed by atoms with Crippen LogP contribution in [0, 0.1) is 0 Å². The minimum atomic E-state index is 0.0517. The second-order valence-corrected chi connectivity index (χ2v) is 14.5. The molecule has 4 rings (SSSR count). The molecule has 2 aliphatic rings. The molecule has 0 radical (unpaired) electrons. The number of rotatable bonds is 11. The minimum absolute atomic E-state index is 0.0517. The third-order valence-corrected chi connectivity index (χ3v) is 13.6. The molecule has 0 saturated carbocycles. The third kappa shape index (κ3) is 5.66. The van der Waals surface area contributed by atoms with E-state index in [9.17, 15) is 0 Å². The van der Waals surface area contributed by atoms with E-state index in [2.05, 4.69) is 24.3 Å². The first kappa shape index (κ1) is 26.0. The van der Waals surface area contributed by atoms with Gasteiger partial charge in [0.05, 0.1) is 0 Å². The van der Waals surface area contributed by atoms with Gasteiger partial charge in [-0.15, -0.1) is 0 Å². The van der Waals surface area contributed by atoms with Crippen LogP contribution in [0.15, 0.2) is 24.3 Å². The molecule has 0 unspecified atom stereocenters. The summed E-state index contributed by atoms with van der Waals surface area (Å²) in [5.41, 5.74) is 5.40. The molecule has 0 fully saturated rings. The summed E-state index contributed by atoms with van der Waals surface area (Å²) in [4.78, 5) is 0.